The molecule has 0 saturated carbocycles. The Morgan fingerprint density at radius 2 is 1.81 bits per heavy atom. The minimum atomic E-state index is -0.952. The van der Waals surface area contributed by atoms with Gasteiger partial charge in [0.2, 0.25) is 0 Å². The van der Waals surface area contributed by atoms with Crippen LogP contribution in [0.2, 0.25) is 5.02 Å². The Bertz CT molecular complexity index is 660. The number of rotatable bonds is 4. The van der Waals surface area contributed by atoms with Gasteiger partial charge < -0.3 is 9.84 Å². The van der Waals surface area contributed by atoms with Gasteiger partial charge >= 0.3 is 5.97 Å². The average Bonchev–Trinajstić information content (AvgIpc) is 2.42. The molecule has 21 heavy (non-hydrogen) atoms. The number of halogens is 1. The van der Waals surface area contributed by atoms with Crippen molar-refractivity contribution in [3.8, 4) is 11.5 Å². The SMILES string of the molecule is Cc1cc(Cl)c(C(C)C)cc1Oc1ccc(C(=O)O)cc1. The van der Waals surface area contributed by atoms with Gasteiger partial charge in [0.25, 0.3) is 0 Å². The maximum Gasteiger partial charge on any atom is 0.335 e. The summed E-state index contributed by atoms with van der Waals surface area (Å²) in [7, 11) is 0. The van der Waals surface area contributed by atoms with Crippen molar-refractivity contribution in [2.75, 3.05) is 0 Å². The molecular weight excluding hydrogens is 288 g/mol. The largest absolute Gasteiger partial charge is 0.478 e. The molecule has 0 atom stereocenters. The van der Waals surface area contributed by atoms with E-state index in [1.807, 2.05) is 19.1 Å². The lowest BCUT2D eigenvalue weighted by molar-refractivity contribution is 0.0697. The molecule has 2 aromatic rings. The lowest BCUT2D eigenvalue weighted by Crippen LogP contribution is -1.96. The predicted octanol–water partition coefficient (Wildman–Crippen LogP) is 5.26. The molecule has 0 heterocycles. The summed E-state index contributed by atoms with van der Waals surface area (Å²) in [6, 6.07) is 10.2. The molecule has 0 amide bonds. The van der Waals surface area contributed by atoms with Crippen LogP contribution in [0, 0.1) is 6.92 Å². The first-order chi connectivity index (χ1) is 9.88. The van der Waals surface area contributed by atoms with Crippen LogP contribution in [0.5, 0.6) is 11.5 Å². The molecule has 0 aromatic heterocycles. The van der Waals surface area contributed by atoms with E-state index in [2.05, 4.69) is 13.8 Å². The first-order valence-corrected chi connectivity index (χ1v) is 7.07. The van der Waals surface area contributed by atoms with Crippen LogP contribution < -0.4 is 4.74 Å². The quantitative estimate of drug-likeness (QED) is 0.837. The summed E-state index contributed by atoms with van der Waals surface area (Å²) in [5, 5.41) is 9.61. The number of carboxylic acid groups (broad SMARTS) is 1. The molecule has 2 aromatic carbocycles. The molecule has 0 aliphatic heterocycles. The van der Waals surface area contributed by atoms with Crippen LogP contribution in [0.4, 0.5) is 0 Å². The number of benzene rings is 2. The van der Waals surface area contributed by atoms with Gasteiger partial charge in [0.05, 0.1) is 5.56 Å². The normalized spacial score (nSPS) is 10.7. The van der Waals surface area contributed by atoms with Crippen molar-refractivity contribution in [3.05, 3.63) is 58.1 Å². The van der Waals surface area contributed by atoms with Crippen LogP contribution in [0.25, 0.3) is 0 Å². The summed E-state index contributed by atoms with van der Waals surface area (Å²) < 4.78 is 5.84. The molecule has 1 N–H and O–H groups in total. The zero-order chi connectivity index (χ0) is 15.6. The van der Waals surface area contributed by atoms with E-state index in [0.29, 0.717) is 11.7 Å². The van der Waals surface area contributed by atoms with Crippen LogP contribution >= 0.6 is 11.6 Å². The molecule has 0 radical (unpaired) electrons. The molecule has 0 saturated heterocycles. The highest BCUT2D eigenvalue weighted by Gasteiger charge is 2.11. The maximum atomic E-state index is 10.8. The van der Waals surface area contributed by atoms with E-state index >= 15 is 0 Å². The number of hydrogen-bond acceptors (Lipinski definition) is 2. The van der Waals surface area contributed by atoms with Gasteiger partial charge in [-0.1, -0.05) is 25.4 Å². The van der Waals surface area contributed by atoms with E-state index in [0.717, 1.165) is 21.9 Å². The second-order valence-corrected chi connectivity index (χ2v) is 5.63. The van der Waals surface area contributed by atoms with Crippen molar-refractivity contribution in [2.45, 2.75) is 26.7 Å². The van der Waals surface area contributed by atoms with E-state index in [4.69, 9.17) is 21.4 Å². The van der Waals surface area contributed by atoms with E-state index in [1.165, 1.54) is 12.1 Å². The van der Waals surface area contributed by atoms with Crippen LogP contribution in [-0.4, -0.2) is 11.1 Å². The topological polar surface area (TPSA) is 46.5 Å². The Morgan fingerprint density at radius 1 is 1.19 bits per heavy atom. The summed E-state index contributed by atoms with van der Waals surface area (Å²) >= 11 is 6.23. The molecule has 0 fully saturated rings. The molecule has 3 nitrogen and oxygen atoms in total. The first kappa shape index (κ1) is 15.4. The summed E-state index contributed by atoms with van der Waals surface area (Å²) in [4.78, 5) is 10.8. The fourth-order valence-electron chi connectivity index (χ4n) is 2.01. The lowest BCUT2D eigenvalue weighted by atomic mass is 10.0. The monoisotopic (exact) mass is 304 g/mol. The van der Waals surface area contributed by atoms with Gasteiger partial charge in [-0.15, -0.1) is 0 Å². The van der Waals surface area contributed by atoms with E-state index in [-0.39, 0.29) is 5.56 Å². The van der Waals surface area contributed by atoms with E-state index in [1.54, 1.807) is 12.1 Å². The van der Waals surface area contributed by atoms with Crippen LogP contribution in [0.15, 0.2) is 36.4 Å². The Kier molecular flexibility index (Phi) is 4.53. The Morgan fingerprint density at radius 3 is 2.33 bits per heavy atom. The molecule has 0 aliphatic carbocycles. The van der Waals surface area contributed by atoms with Gasteiger partial charge in [0.15, 0.2) is 0 Å². The summed E-state index contributed by atoms with van der Waals surface area (Å²) in [5.41, 5.74) is 2.20. The number of ether oxygens (including phenoxy) is 1. The number of aryl methyl sites for hydroxylation is 1. The minimum Gasteiger partial charge on any atom is -0.478 e. The van der Waals surface area contributed by atoms with Crippen LogP contribution in [-0.2, 0) is 0 Å². The van der Waals surface area contributed by atoms with Gasteiger partial charge in [-0.05, 0) is 60.4 Å². The second-order valence-electron chi connectivity index (χ2n) is 5.23. The maximum absolute atomic E-state index is 10.8. The molecule has 0 spiro atoms. The molecule has 2 rings (SSSR count). The van der Waals surface area contributed by atoms with Crippen molar-refractivity contribution in [2.24, 2.45) is 0 Å². The third-order valence-electron chi connectivity index (χ3n) is 3.25. The highest BCUT2D eigenvalue weighted by atomic mass is 35.5. The minimum absolute atomic E-state index is 0.234. The van der Waals surface area contributed by atoms with Crippen LogP contribution in [0.3, 0.4) is 0 Å². The summed E-state index contributed by atoms with van der Waals surface area (Å²) in [6.07, 6.45) is 0. The summed E-state index contributed by atoms with van der Waals surface area (Å²) in [6.45, 7) is 6.07. The molecule has 4 heteroatoms. The standard InChI is InChI=1S/C17H17ClO3/c1-10(2)14-9-16(11(3)8-15(14)18)21-13-6-4-12(5-7-13)17(19)20/h4-10H,1-3H3,(H,19,20). The number of carbonyl (C=O) groups is 1. The fourth-order valence-corrected chi connectivity index (χ4v) is 2.45. The van der Waals surface area contributed by atoms with Crippen molar-refractivity contribution in [3.63, 3.8) is 0 Å². The third-order valence-corrected chi connectivity index (χ3v) is 3.57. The van der Waals surface area contributed by atoms with Gasteiger partial charge in [-0.25, -0.2) is 4.79 Å². The highest BCUT2D eigenvalue weighted by molar-refractivity contribution is 6.31. The molecule has 0 aliphatic rings. The zero-order valence-electron chi connectivity index (χ0n) is 12.2. The molecule has 110 valence electrons. The Labute approximate surface area is 129 Å². The number of carboxylic acids is 1. The van der Waals surface area contributed by atoms with Crippen molar-refractivity contribution < 1.29 is 14.6 Å². The lowest BCUT2D eigenvalue weighted by Gasteiger charge is -2.14. The first-order valence-electron chi connectivity index (χ1n) is 6.69. The highest BCUT2D eigenvalue weighted by Crippen LogP contribution is 2.33. The Balaban J connectivity index is 2.30. The smallest absolute Gasteiger partial charge is 0.335 e. The van der Waals surface area contributed by atoms with E-state index in [9.17, 15) is 4.79 Å². The summed E-state index contributed by atoms with van der Waals surface area (Å²) in [5.74, 6) is 0.674. The van der Waals surface area contributed by atoms with Crippen molar-refractivity contribution in [1.29, 1.82) is 0 Å². The molecular formula is C17H17ClO3. The fraction of sp³-hybridized carbons (Fsp3) is 0.235. The Hall–Kier alpha value is -2.00. The van der Waals surface area contributed by atoms with Crippen LogP contribution in [0.1, 0.15) is 41.3 Å². The predicted molar refractivity (Wildman–Crippen MR) is 83.8 cm³/mol. The van der Waals surface area contributed by atoms with Gasteiger partial charge in [0.1, 0.15) is 11.5 Å². The van der Waals surface area contributed by atoms with Crippen molar-refractivity contribution >= 4 is 17.6 Å². The third kappa shape index (κ3) is 3.56. The second kappa shape index (κ2) is 6.19. The molecule has 0 bridgehead atoms. The van der Waals surface area contributed by atoms with Crippen molar-refractivity contribution in [1.82, 2.24) is 0 Å². The van der Waals surface area contributed by atoms with Gasteiger partial charge in [0, 0.05) is 5.02 Å². The van der Waals surface area contributed by atoms with Gasteiger partial charge in [-0.3, -0.25) is 0 Å². The zero-order valence-corrected chi connectivity index (χ0v) is 12.9. The number of hydrogen-bond donors (Lipinski definition) is 1. The number of aromatic carboxylic acids is 1. The average molecular weight is 305 g/mol. The van der Waals surface area contributed by atoms with E-state index < -0.39 is 5.97 Å². The van der Waals surface area contributed by atoms with Gasteiger partial charge in [-0.2, -0.15) is 0 Å². The molecule has 0 unspecified atom stereocenters.